The highest BCUT2D eigenvalue weighted by Crippen LogP contribution is 2.16. The van der Waals surface area contributed by atoms with Crippen molar-refractivity contribution in [3.05, 3.63) is 65.2 Å². The number of nitrogens with zero attached hydrogens (tertiary/aromatic N) is 1. The summed E-state index contributed by atoms with van der Waals surface area (Å²) in [6.07, 6.45) is 0. The fourth-order valence-corrected chi connectivity index (χ4v) is 1.95. The second-order valence-corrected chi connectivity index (χ2v) is 4.77. The second-order valence-electron chi connectivity index (χ2n) is 4.77. The molecular formula is C17H17NO3. The van der Waals surface area contributed by atoms with Crippen LogP contribution in [-0.2, 0) is 4.74 Å². The van der Waals surface area contributed by atoms with Crippen molar-refractivity contribution in [2.24, 2.45) is 0 Å². The molecule has 4 heteroatoms. The van der Waals surface area contributed by atoms with Crippen molar-refractivity contribution in [2.45, 2.75) is 6.92 Å². The zero-order valence-corrected chi connectivity index (χ0v) is 12.3. The van der Waals surface area contributed by atoms with Crippen molar-refractivity contribution in [1.82, 2.24) is 0 Å². The number of ether oxygens (including phenoxy) is 1. The number of esters is 1. The quantitative estimate of drug-likeness (QED) is 0.813. The van der Waals surface area contributed by atoms with Crippen molar-refractivity contribution < 1.29 is 14.3 Å². The summed E-state index contributed by atoms with van der Waals surface area (Å²) in [5.41, 5.74) is 2.91. The van der Waals surface area contributed by atoms with Gasteiger partial charge >= 0.3 is 5.97 Å². The number of rotatable bonds is 3. The fraction of sp³-hybridized carbons (Fsp3) is 0.176. The van der Waals surface area contributed by atoms with Crippen LogP contribution in [0.25, 0.3) is 0 Å². The fourth-order valence-electron chi connectivity index (χ4n) is 1.95. The molecule has 2 aromatic rings. The Labute approximate surface area is 124 Å². The van der Waals surface area contributed by atoms with Crippen LogP contribution in [0.4, 0.5) is 5.69 Å². The van der Waals surface area contributed by atoms with Crippen molar-refractivity contribution in [2.75, 3.05) is 19.1 Å². The Morgan fingerprint density at radius 3 is 1.95 bits per heavy atom. The number of amides is 1. The van der Waals surface area contributed by atoms with Crippen LogP contribution < -0.4 is 4.90 Å². The molecule has 0 heterocycles. The Balaban J connectivity index is 2.19. The zero-order valence-electron chi connectivity index (χ0n) is 12.3. The molecule has 1 amide bonds. The molecule has 0 fully saturated rings. The lowest BCUT2D eigenvalue weighted by Crippen LogP contribution is -2.26. The van der Waals surface area contributed by atoms with Gasteiger partial charge in [0.1, 0.15) is 0 Å². The first kappa shape index (κ1) is 14.8. The Hall–Kier alpha value is -2.62. The van der Waals surface area contributed by atoms with Gasteiger partial charge < -0.3 is 9.64 Å². The molecule has 0 saturated carbocycles. The molecule has 0 spiro atoms. The van der Waals surface area contributed by atoms with Gasteiger partial charge in [0, 0.05) is 18.3 Å². The molecule has 0 aliphatic heterocycles. The minimum absolute atomic E-state index is 0.129. The average molecular weight is 283 g/mol. The van der Waals surface area contributed by atoms with E-state index >= 15 is 0 Å². The molecule has 0 saturated heterocycles. The van der Waals surface area contributed by atoms with Gasteiger partial charge in [-0.3, -0.25) is 4.79 Å². The average Bonchev–Trinajstić information content (AvgIpc) is 2.53. The molecule has 0 N–H and O–H groups in total. The topological polar surface area (TPSA) is 46.6 Å². The van der Waals surface area contributed by atoms with Gasteiger partial charge in [-0.25, -0.2) is 4.79 Å². The molecule has 0 aliphatic rings. The highest BCUT2D eigenvalue weighted by Gasteiger charge is 2.14. The van der Waals surface area contributed by atoms with Crippen LogP contribution in [0.1, 0.15) is 26.3 Å². The third-order valence-corrected chi connectivity index (χ3v) is 3.28. The van der Waals surface area contributed by atoms with E-state index < -0.39 is 5.97 Å². The molecule has 0 unspecified atom stereocenters. The van der Waals surface area contributed by atoms with E-state index in [1.165, 1.54) is 7.11 Å². The molecule has 108 valence electrons. The largest absolute Gasteiger partial charge is 0.465 e. The van der Waals surface area contributed by atoms with E-state index in [-0.39, 0.29) is 5.91 Å². The van der Waals surface area contributed by atoms with Crippen LogP contribution >= 0.6 is 0 Å². The van der Waals surface area contributed by atoms with E-state index in [2.05, 4.69) is 4.74 Å². The van der Waals surface area contributed by atoms with E-state index in [1.54, 1.807) is 36.2 Å². The van der Waals surface area contributed by atoms with Gasteiger partial charge in [-0.15, -0.1) is 0 Å². The molecular weight excluding hydrogens is 266 g/mol. The lowest BCUT2D eigenvalue weighted by molar-refractivity contribution is 0.0600. The van der Waals surface area contributed by atoms with Crippen LogP contribution in [0, 0.1) is 6.92 Å². The summed E-state index contributed by atoms with van der Waals surface area (Å²) < 4.78 is 4.63. The third kappa shape index (κ3) is 3.28. The lowest BCUT2D eigenvalue weighted by Gasteiger charge is -2.17. The molecule has 0 aromatic heterocycles. The first-order valence-corrected chi connectivity index (χ1v) is 6.56. The molecule has 4 nitrogen and oxygen atoms in total. The SMILES string of the molecule is COC(=O)c1ccc(C(=O)N(C)c2ccc(C)cc2)cc1. The smallest absolute Gasteiger partial charge is 0.337 e. The molecule has 2 aromatic carbocycles. The molecule has 21 heavy (non-hydrogen) atoms. The summed E-state index contributed by atoms with van der Waals surface area (Å²) in [6.45, 7) is 2.00. The second kappa shape index (κ2) is 6.22. The molecule has 0 bridgehead atoms. The standard InChI is InChI=1S/C17H17NO3/c1-12-4-10-15(11-5-12)18(2)16(19)13-6-8-14(9-7-13)17(20)21-3/h4-11H,1-3H3. The third-order valence-electron chi connectivity index (χ3n) is 3.28. The number of benzene rings is 2. The highest BCUT2D eigenvalue weighted by atomic mass is 16.5. The first-order valence-electron chi connectivity index (χ1n) is 6.56. The van der Waals surface area contributed by atoms with E-state index in [0.29, 0.717) is 11.1 Å². The van der Waals surface area contributed by atoms with Crippen LogP contribution in [0.2, 0.25) is 0 Å². The maximum Gasteiger partial charge on any atom is 0.337 e. The molecule has 0 radical (unpaired) electrons. The number of methoxy groups -OCH3 is 1. The number of hydrogen-bond acceptors (Lipinski definition) is 3. The van der Waals surface area contributed by atoms with E-state index in [0.717, 1.165) is 11.3 Å². The van der Waals surface area contributed by atoms with Crippen molar-refractivity contribution >= 4 is 17.6 Å². The number of carbonyl (C=O) groups is 2. The van der Waals surface area contributed by atoms with Gasteiger partial charge in [0.05, 0.1) is 12.7 Å². The Morgan fingerprint density at radius 1 is 0.905 bits per heavy atom. The number of carbonyl (C=O) groups excluding carboxylic acids is 2. The minimum Gasteiger partial charge on any atom is -0.465 e. The first-order chi connectivity index (χ1) is 10.0. The monoisotopic (exact) mass is 283 g/mol. The van der Waals surface area contributed by atoms with Gasteiger partial charge in [-0.2, -0.15) is 0 Å². The summed E-state index contributed by atoms with van der Waals surface area (Å²) in [4.78, 5) is 25.3. The van der Waals surface area contributed by atoms with Crippen LogP contribution in [0.15, 0.2) is 48.5 Å². The van der Waals surface area contributed by atoms with Crippen molar-refractivity contribution in [3.8, 4) is 0 Å². The normalized spacial score (nSPS) is 10.0. The lowest BCUT2D eigenvalue weighted by atomic mass is 10.1. The molecule has 2 rings (SSSR count). The number of anilines is 1. The highest BCUT2D eigenvalue weighted by molar-refractivity contribution is 6.06. The number of aryl methyl sites for hydroxylation is 1. The van der Waals surface area contributed by atoms with Gasteiger partial charge in [-0.05, 0) is 43.3 Å². The van der Waals surface area contributed by atoms with Crippen LogP contribution in [0.5, 0.6) is 0 Å². The van der Waals surface area contributed by atoms with Crippen molar-refractivity contribution in [3.63, 3.8) is 0 Å². The predicted octanol–water partition coefficient (Wildman–Crippen LogP) is 3.06. The van der Waals surface area contributed by atoms with Crippen molar-refractivity contribution in [1.29, 1.82) is 0 Å². The zero-order chi connectivity index (χ0) is 15.4. The summed E-state index contributed by atoms with van der Waals surface area (Å²) >= 11 is 0. The Morgan fingerprint density at radius 2 is 1.43 bits per heavy atom. The Kier molecular flexibility index (Phi) is 4.38. The summed E-state index contributed by atoms with van der Waals surface area (Å²) in [5, 5.41) is 0. The van der Waals surface area contributed by atoms with Gasteiger partial charge in [0.25, 0.3) is 5.91 Å². The Bertz CT molecular complexity index is 645. The maximum absolute atomic E-state index is 12.4. The van der Waals surface area contributed by atoms with Crippen LogP contribution in [0.3, 0.4) is 0 Å². The summed E-state index contributed by atoms with van der Waals surface area (Å²) in [5.74, 6) is -0.545. The van der Waals surface area contributed by atoms with E-state index in [4.69, 9.17) is 0 Å². The van der Waals surface area contributed by atoms with E-state index in [1.807, 2.05) is 31.2 Å². The minimum atomic E-state index is -0.416. The molecule has 0 aliphatic carbocycles. The van der Waals surface area contributed by atoms with Gasteiger partial charge in [0.2, 0.25) is 0 Å². The molecule has 0 atom stereocenters. The van der Waals surface area contributed by atoms with Crippen LogP contribution in [-0.4, -0.2) is 26.0 Å². The van der Waals surface area contributed by atoms with Gasteiger partial charge in [-0.1, -0.05) is 17.7 Å². The maximum atomic E-state index is 12.4. The summed E-state index contributed by atoms with van der Waals surface area (Å²) in [7, 11) is 3.05. The number of hydrogen-bond donors (Lipinski definition) is 0. The summed E-state index contributed by atoms with van der Waals surface area (Å²) in [6, 6.07) is 14.1. The van der Waals surface area contributed by atoms with E-state index in [9.17, 15) is 9.59 Å². The van der Waals surface area contributed by atoms with Gasteiger partial charge in [0.15, 0.2) is 0 Å². The predicted molar refractivity (Wildman–Crippen MR) is 81.7 cm³/mol.